The van der Waals surface area contributed by atoms with Crippen molar-refractivity contribution in [3.63, 3.8) is 0 Å². The average molecular weight is 1470 g/mol. The lowest BCUT2D eigenvalue weighted by Crippen LogP contribution is -2.30. The molecule has 17 nitrogen and oxygen atoms in total. The second-order valence-electron chi connectivity index (χ2n) is 26.2. The van der Waals surface area contributed by atoms with Crippen LogP contribution in [0.25, 0.3) is 0 Å². The molecule has 0 amide bonds. The fraction of sp³-hybridized carbons (Fsp3) is 0.711. The Morgan fingerprint density at radius 3 is 0.853 bits per heavy atom. The monoisotopic (exact) mass is 1470 g/mol. The minimum atomic E-state index is -5.00. The summed E-state index contributed by atoms with van der Waals surface area (Å²) in [6.45, 7) is 4.55. The van der Waals surface area contributed by atoms with Crippen molar-refractivity contribution < 1.29 is 80.2 Å². The van der Waals surface area contributed by atoms with Gasteiger partial charge in [-0.3, -0.25) is 37.3 Å². The maximum atomic E-state index is 13.1. The number of allylic oxidation sites excluding steroid dienone is 20. The number of aliphatic hydroxyl groups is 1. The van der Waals surface area contributed by atoms with Crippen LogP contribution in [0.15, 0.2) is 122 Å². The van der Waals surface area contributed by atoms with Gasteiger partial charge in [-0.25, -0.2) is 9.13 Å². The number of hydrogen-bond acceptors (Lipinski definition) is 15. The van der Waals surface area contributed by atoms with Crippen LogP contribution in [0.3, 0.4) is 0 Å². The van der Waals surface area contributed by atoms with E-state index < -0.39 is 97.5 Å². The number of aliphatic hydroxyl groups excluding tert-OH is 1. The molecular formula is C83H142O17P2. The fourth-order valence-corrected chi connectivity index (χ4v) is 12.0. The summed E-state index contributed by atoms with van der Waals surface area (Å²) < 4.78 is 68.5. The van der Waals surface area contributed by atoms with Gasteiger partial charge in [-0.05, 0) is 128 Å². The molecule has 0 aromatic heterocycles. The van der Waals surface area contributed by atoms with Crippen molar-refractivity contribution in [3.8, 4) is 0 Å². The van der Waals surface area contributed by atoms with Gasteiger partial charge in [-0.1, -0.05) is 290 Å². The molecular weight excluding hydrogens is 1330 g/mol. The van der Waals surface area contributed by atoms with Crippen molar-refractivity contribution in [2.24, 2.45) is 0 Å². The minimum Gasteiger partial charge on any atom is -0.462 e. The minimum absolute atomic E-state index is 0.0280. The summed E-state index contributed by atoms with van der Waals surface area (Å²) in [6, 6.07) is 0. The number of carbonyl (C=O) groups excluding carboxylic acids is 4. The zero-order valence-corrected chi connectivity index (χ0v) is 65.8. The molecule has 586 valence electrons. The number of ether oxygens (including phenoxy) is 4. The fourth-order valence-electron chi connectivity index (χ4n) is 10.4. The molecule has 5 unspecified atom stereocenters. The van der Waals surface area contributed by atoms with Crippen molar-refractivity contribution in [2.45, 2.75) is 341 Å². The van der Waals surface area contributed by atoms with Crippen LogP contribution in [-0.2, 0) is 65.4 Å². The number of hydrogen-bond donors (Lipinski definition) is 3. The molecule has 5 atom stereocenters. The molecule has 0 aliphatic carbocycles. The Balaban J connectivity index is 5.44. The van der Waals surface area contributed by atoms with Crippen LogP contribution in [-0.4, -0.2) is 96.7 Å². The lowest BCUT2D eigenvalue weighted by molar-refractivity contribution is -0.161. The van der Waals surface area contributed by atoms with E-state index in [0.717, 1.165) is 128 Å². The standard InChI is InChI=1S/C83H142O17P2/c1-5-9-13-17-21-25-29-33-37-38-42-44-48-52-56-60-64-68-81(86)94-74-79(100-83(88)70-66-62-58-54-50-46-41-36-32-28-24-20-16-12-8-4)76-98-102(91,92)96-72-77(84)71-95-101(89,90)97-75-78(99-82(87)69-65-61-57-53-49-45-40-35-31-27-23-19-15-11-7-3)73-93-80(85)67-63-59-55-51-47-43-39-34-30-26-22-18-14-10-6-2/h9,12-13,16,21,24-25,28,33-34,36-37,39,41-42,44,50,52,54,56,77-79,84H,5-8,10-11,14-15,17-20,22-23,26-27,29-32,35,38,40,43,45-49,51,53,55,57-76H2,1-4H3,(H,89,90)(H,91,92)/b13-9-,16-12-,25-21-,28-24-,37-33-,39-34-,41-36-,44-42-,54-50-,56-52-. The number of phosphoric acid groups is 2. The van der Waals surface area contributed by atoms with E-state index in [1.807, 2.05) is 12.2 Å². The van der Waals surface area contributed by atoms with Gasteiger partial charge in [0.1, 0.15) is 19.3 Å². The van der Waals surface area contributed by atoms with Gasteiger partial charge in [0, 0.05) is 25.7 Å². The molecule has 0 radical (unpaired) electrons. The second-order valence-corrected chi connectivity index (χ2v) is 29.2. The van der Waals surface area contributed by atoms with E-state index in [2.05, 4.69) is 137 Å². The molecule has 19 heteroatoms. The van der Waals surface area contributed by atoms with Gasteiger partial charge in [-0.15, -0.1) is 0 Å². The lowest BCUT2D eigenvalue weighted by atomic mass is 10.0. The molecule has 0 heterocycles. The van der Waals surface area contributed by atoms with Gasteiger partial charge >= 0.3 is 39.5 Å². The molecule has 3 N–H and O–H groups in total. The van der Waals surface area contributed by atoms with Gasteiger partial charge in [0.05, 0.1) is 26.4 Å². The Kier molecular flexibility index (Phi) is 71.4. The predicted octanol–water partition coefficient (Wildman–Crippen LogP) is 23.1. The lowest BCUT2D eigenvalue weighted by Gasteiger charge is -2.21. The molecule has 0 spiro atoms. The van der Waals surface area contributed by atoms with Crippen LogP contribution < -0.4 is 0 Å². The van der Waals surface area contributed by atoms with Crippen LogP contribution in [0.4, 0.5) is 0 Å². The number of rotatable bonds is 74. The quantitative estimate of drug-likeness (QED) is 0.0169. The summed E-state index contributed by atoms with van der Waals surface area (Å²) in [5.74, 6) is -2.29. The third-order valence-electron chi connectivity index (χ3n) is 16.4. The third-order valence-corrected chi connectivity index (χ3v) is 18.3. The topological polar surface area (TPSA) is 237 Å². The van der Waals surface area contributed by atoms with E-state index >= 15 is 0 Å². The van der Waals surface area contributed by atoms with Crippen molar-refractivity contribution in [1.82, 2.24) is 0 Å². The predicted molar refractivity (Wildman–Crippen MR) is 418 cm³/mol. The molecule has 0 aromatic rings. The van der Waals surface area contributed by atoms with E-state index in [4.69, 9.17) is 37.0 Å². The summed E-state index contributed by atoms with van der Waals surface area (Å²) in [5, 5.41) is 10.6. The van der Waals surface area contributed by atoms with Crippen LogP contribution in [0, 0.1) is 0 Å². The van der Waals surface area contributed by atoms with Crippen LogP contribution in [0.5, 0.6) is 0 Å². The summed E-state index contributed by atoms with van der Waals surface area (Å²) in [5.41, 5.74) is 0. The Bertz CT molecular complexity index is 2410. The number of carbonyl (C=O) groups is 4. The highest BCUT2D eigenvalue weighted by Gasteiger charge is 2.30. The Hall–Kier alpha value is -4.54. The van der Waals surface area contributed by atoms with Crippen LogP contribution in [0.2, 0.25) is 0 Å². The van der Waals surface area contributed by atoms with Crippen molar-refractivity contribution in [1.29, 1.82) is 0 Å². The maximum absolute atomic E-state index is 13.1. The first-order chi connectivity index (χ1) is 49.7. The van der Waals surface area contributed by atoms with E-state index in [0.29, 0.717) is 38.5 Å². The highest BCUT2D eigenvalue weighted by Crippen LogP contribution is 2.45. The van der Waals surface area contributed by atoms with Gasteiger partial charge in [0.25, 0.3) is 0 Å². The highest BCUT2D eigenvalue weighted by atomic mass is 31.2. The molecule has 0 fully saturated rings. The second kappa shape index (κ2) is 74.7. The normalized spacial score (nSPS) is 14.5. The third kappa shape index (κ3) is 73.8. The van der Waals surface area contributed by atoms with Gasteiger partial charge < -0.3 is 33.8 Å². The average Bonchev–Trinajstić information content (AvgIpc) is 0.923. The van der Waals surface area contributed by atoms with E-state index in [9.17, 15) is 43.2 Å². The molecule has 0 rings (SSSR count). The summed E-state index contributed by atoms with van der Waals surface area (Å²) in [6.07, 6.45) is 81.9. The van der Waals surface area contributed by atoms with Crippen LogP contribution >= 0.6 is 15.6 Å². The number of esters is 4. The summed E-state index contributed by atoms with van der Waals surface area (Å²) in [4.78, 5) is 73.0. The zero-order chi connectivity index (χ0) is 74.6. The summed E-state index contributed by atoms with van der Waals surface area (Å²) in [7, 11) is -9.99. The number of phosphoric ester groups is 2. The molecule has 0 aromatic carbocycles. The molecule has 0 saturated carbocycles. The molecule has 0 saturated heterocycles. The first-order valence-electron chi connectivity index (χ1n) is 39.8. The largest absolute Gasteiger partial charge is 0.472 e. The van der Waals surface area contributed by atoms with Gasteiger partial charge in [0.2, 0.25) is 0 Å². The Labute approximate surface area is 619 Å². The van der Waals surface area contributed by atoms with Crippen molar-refractivity contribution in [2.75, 3.05) is 39.6 Å². The first-order valence-corrected chi connectivity index (χ1v) is 42.8. The first kappa shape index (κ1) is 97.5. The molecule has 0 aliphatic rings. The maximum Gasteiger partial charge on any atom is 0.472 e. The summed E-state index contributed by atoms with van der Waals surface area (Å²) >= 11 is 0. The Morgan fingerprint density at radius 1 is 0.284 bits per heavy atom. The Morgan fingerprint density at radius 2 is 0.520 bits per heavy atom. The molecule has 0 bridgehead atoms. The smallest absolute Gasteiger partial charge is 0.462 e. The van der Waals surface area contributed by atoms with Gasteiger partial charge in [-0.2, -0.15) is 0 Å². The van der Waals surface area contributed by atoms with E-state index in [1.165, 1.54) is 103 Å². The highest BCUT2D eigenvalue weighted by molar-refractivity contribution is 7.47. The zero-order valence-electron chi connectivity index (χ0n) is 64.0. The SMILES string of the molecule is CC/C=C\C/C=C\C/C=C\C/C=C\C/C=C\CCCC(=O)OCC(COP(=O)(O)OCC(O)COP(=O)(O)OCC(COC(=O)CCCCCCC/C=C\CCCCCCCC)OC(=O)CCCCCCCCCCCCCCCCC)OC(=O)CCCC/C=C\C/C=C\C/C=C\C/C=C\CC. The van der Waals surface area contributed by atoms with E-state index in [1.54, 1.807) is 0 Å². The van der Waals surface area contributed by atoms with Crippen LogP contribution in [0.1, 0.15) is 323 Å². The van der Waals surface area contributed by atoms with E-state index in [-0.39, 0.29) is 25.7 Å². The van der Waals surface area contributed by atoms with Gasteiger partial charge in [0.15, 0.2) is 12.2 Å². The molecule has 102 heavy (non-hydrogen) atoms. The number of unbranched alkanes of at least 4 members (excludes halogenated alkanes) is 28. The van der Waals surface area contributed by atoms with Crippen molar-refractivity contribution in [3.05, 3.63) is 122 Å². The molecule has 0 aliphatic heterocycles. The van der Waals surface area contributed by atoms with Crippen molar-refractivity contribution >= 4 is 39.5 Å².